The first-order valence-electron chi connectivity index (χ1n) is 9.17. The van der Waals surface area contributed by atoms with Gasteiger partial charge in [0.15, 0.2) is 11.6 Å². The lowest BCUT2D eigenvalue weighted by atomic mass is 9.83. The molecule has 3 aromatic rings. The summed E-state index contributed by atoms with van der Waals surface area (Å²) in [6, 6.07) is 16.4. The van der Waals surface area contributed by atoms with Gasteiger partial charge in [-0.2, -0.15) is 0 Å². The van der Waals surface area contributed by atoms with Crippen LogP contribution in [-0.2, 0) is 0 Å². The second-order valence-electron chi connectivity index (χ2n) is 6.61. The summed E-state index contributed by atoms with van der Waals surface area (Å²) in [6.45, 7) is -0.136. The van der Waals surface area contributed by atoms with E-state index in [1.807, 2.05) is 0 Å². The number of aliphatic hydroxyl groups is 1. The number of rotatable bonds is 5. The normalized spacial score (nSPS) is 12.3. The second-order valence-corrected chi connectivity index (χ2v) is 8.15. The van der Waals surface area contributed by atoms with Crippen LogP contribution in [0.4, 0.5) is 5.69 Å². The average Bonchev–Trinajstić information content (AvgIpc) is 2.75. The molecule has 0 unspecified atom stereocenters. The predicted molar refractivity (Wildman–Crippen MR) is 117 cm³/mol. The maximum Gasteiger partial charge on any atom is 0.256 e. The monoisotopic (exact) mass is 437 g/mol. The molecule has 3 aromatic carbocycles. The van der Waals surface area contributed by atoms with Gasteiger partial charge < -0.3 is 10.4 Å². The Labute approximate surface area is 182 Å². The van der Waals surface area contributed by atoms with Gasteiger partial charge >= 0.3 is 0 Å². The van der Waals surface area contributed by atoms with Crippen LogP contribution in [-0.4, -0.2) is 34.9 Å². The number of anilines is 1. The van der Waals surface area contributed by atoms with Crippen molar-refractivity contribution < 1.29 is 19.5 Å². The summed E-state index contributed by atoms with van der Waals surface area (Å²) in [4.78, 5) is 39.6. The Morgan fingerprint density at radius 1 is 0.933 bits per heavy atom. The van der Waals surface area contributed by atoms with Crippen molar-refractivity contribution in [3.63, 3.8) is 0 Å². The molecule has 1 aliphatic rings. The molecule has 0 heterocycles. The number of halogens is 1. The first kappa shape index (κ1) is 20.3. The molecule has 4 rings (SSSR count). The third kappa shape index (κ3) is 3.65. The minimum absolute atomic E-state index is 0.136. The smallest absolute Gasteiger partial charge is 0.256 e. The van der Waals surface area contributed by atoms with Crippen molar-refractivity contribution in [2.75, 3.05) is 17.7 Å². The maximum atomic E-state index is 13.2. The Morgan fingerprint density at radius 3 is 2.37 bits per heavy atom. The van der Waals surface area contributed by atoms with Crippen LogP contribution in [0.25, 0.3) is 0 Å². The van der Waals surface area contributed by atoms with Crippen molar-refractivity contribution in [1.29, 1.82) is 0 Å². The number of ketones is 2. The van der Waals surface area contributed by atoms with E-state index in [0.29, 0.717) is 26.7 Å². The third-order valence-corrected chi connectivity index (χ3v) is 6.05. The molecule has 0 fully saturated rings. The lowest BCUT2D eigenvalue weighted by molar-refractivity contribution is 0.0975. The van der Waals surface area contributed by atoms with Crippen LogP contribution in [0, 0.1) is 0 Å². The quantitative estimate of drug-likeness (QED) is 0.450. The second kappa shape index (κ2) is 8.44. The summed E-state index contributed by atoms with van der Waals surface area (Å²) in [5.41, 5.74) is 1.90. The largest absolute Gasteiger partial charge is 0.396 e. The van der Waals surface area contributed by atoms with Crippen molar-refractivity contribution in [1.82, 2.24) is 0 Å². The lowest BCUT2D eigenvalue weighted by Gasteiger charge is -2.22. The van der Waals surface area contributed by atoms with Crippen LogP contribution in [0.2, 0.25) is 5.02 Å². The van der Waals surface area contributed by atoms with Crippen LogP contribution >= 0.6 is 23.4 Å². The molecule has 0 radical (unpaired) electrons. The number of fused-ring (bicyclic) bond motifs is 2. The molecule has 5 nitrogen and oxygen atoms in total. The van der Waals surface area contributed by atoms with E-state index in [9.17, 15) is 19.5 Å². The summed E-state index contributed by atoms with van der Waals surface area (Å²) in [6.07, 6.45) is 0. The van der Waals surface area contributed by atoms with Crippen molar-refractivity contribution in [3.05, 3.63) is 93.5 Å². The minimum Gasteiger partial charge on any atom is -0.396 e. The molecule has 0 saturated heterocycles. The van der Waals surface area contributed by atoms with E-state index in [1.165, 1.54) is 23.9 Å². The fraction of sp³-hybridized carbons (Fsp3) is 0.0870. The van der Waals surface area contributed by atoms with E-state index < -0.39 is 5.91 Å². The van der Waals surface area contributed by atoms with Gasteiger partial charge in [-0.05, 0) is 30.3 Å². The molecule has 0 spiro atoms. The molecule has 1 amide bonds. The molecule has 150 valence electrons. The molecule has 30 heavy (non-hydrogen) atoms. The van der Waals surface area contributed by atoms with Gasteiger partial charge in [0.1, 0.15) is 0 Å². The molecule has 0 atom stereocenters. The Bertz CT molecular complexity index is 1190. The number of amides is 1. The Balaban J connectivity index is 1.82. The average molecular weight is 438 g/mol. The molecule has 7 heteroatoms. The van der Waals surface area contributed by atoms with E-state index in [2.05, 4.69) is 5.32 Å². The minimum atomic E-state index is -0.431. The van der Waals surface area contributed by atoms with Gasteiger partial charge in [0.2, 0.25) is 0 Å². The number of nitrogens with one attached hydrogen (secondary N) is 1. The molecule has 2 N–H and O–H groups in total. The van der Waals surface area contributed by atoms with Crippen molar-refractivity contribution >= 4 is 46.5 Å². The molecular formula is C23H16ClNO4S. The zero-order chi connectivity index (χ0) is 21.3. The number of benzene rings is 3. The molecule has 0 aliphatic heterocycles. The van der Waals surface area contributed by atoms with E-state index in [1.54, 1.807) is 48.5 Å². The van der Waals surface area contributed by atoms with Crippen molar-refractivity contribution in [3.8, 4) is 0 Å². The Hall–Kier alpha value is -2.93. The number of hydrogen-bond donors (Lipinski definition) is 2. The number of carbonyl (C=O) groups is 3. The number of aliphatic hydroxyl groups excluding tert-OH is 1. The third-order valence-electron chi connectivity index (χ3n) is 4.71. The van der Waals surface area contributed by atoms with Gasteiger partial charge in [-0.3, -0.25) is 14.4 Å². The van der Waals surface area contributed by atoms with Gasteiger partial charge in [0.25, 0.3) is 5.91 Å². The van der Waals surface area contributed by atoms with Gasteiger partial charge in [-0.1, -0.05) is 41.9 Å². The van der Waals surface area contributed by atoms with E-state index in [-0.39, 0.29) is 40.6 Å². The topological polar surface area (TPSA) is 83.5 Å². The molecule has 0 bridgehead atoms. The molecule has 1 aliphatic carbocycles. The highest BCUT2D eigenvalue weighted by Gasteiger charge is 2.33. The van der Waals surface area contributed by atoms with Gasteiger partial charge in [-0.25, -0.2) is 0 Å². The van der Waals surface area contributed by atoms with Crippen LogP contribution in [0.1, 0.15) is 42.2 Å². The predicted octanol–water partition coefficient (Wildman–Crippen LogP) is 4.45. The number of carbonyl (C=O) groups excluding carboxylic acids is 3. The Morgan fingerprint density at radius 2 is 1.67 bits per heavy atom. The first-order valence-corrected chi connectivity index (χ1v) is 10.5. The molecule has 0 aromatic heterocycles. The van der Waals surface area contributed by atoms with Crippen molar-refractivity contribution in [2.24, 2.45) is 0 Å². The van der Waals surface area contributed by atoms with E-state index in [4.69, 9.17) is 11.6 Å². The summed E-state index contributed by atoms with van der Waals surface area (Å²) >= 11 is 7.16. The summed E-state index contributed by atoms with van der Waals surface area (Å²) in [7, 11) is 0. The first-order chi connectivity index (χ1) is 14.5. The highest BCUT2D eigenvalue weighted by molar-refractivity contribution is 7.99. The van der Waals surface area contributed by atoms with Crippen LogP contribution in [0.3, 0.4) is 0 Å². The number of hydrogen-bond acceptors (Lipinski definition) is 5. The highest BCUT2D eigenvalue weighted by atomic mass is 35.5. The van der Waals surface area contributed by atoms with Gasteiger partial charge in [0, 0.05) is 43.6 Å². The highest BCUT2D eigenvalue weighted by Crippen LogP contribution is 2.36. The maximum absolute atomic E-state index is 13.2. The standard InChI is InChI=1S/C23H16ClNO4S/c24-13-4-3-5-14(12-13)25-23(29)18-9-8-17-19(22(18)30-11-10-26)21(28)16-7-2-1-6-15(16)20(17)27/h1-9,12,26H,10-11H2,(H,25,29). The molecule has 0 saturated carbocycles. The van der Waals surface area contributed by atoms with Crippen molar-refractivity contribution in [2.45, 2.75) is 4.90 Å². The van der Waals surface area contributed by atoms with Crippen LogP contribution in [0.5, 0.6) is 0 Å². The summed E-state index contributed by atoms with van der Waals surface area (Å²) in [5.74, 6) is -0.720. The van der Waals surface area contributed by atoms with Gasteiger partial charge in [-0.15, -0.1) is 11.8 Å². The lowest BCUT2D eigenvalue weighted by Crippen LogP contribution is -2.24. The van der Waals surface area contributed by atoms with Crippen LogP contribution in [0.15, 0.2) is 65.6 Å². The van der Waals surface area contributed by atoms with Gasteiger partial charge in [0.05, 0.1) is 12.2 Å². The Kier molecular flexibility index (Phi) is 5.72. The van der Waals surface area contributed by atoms with Crippen LogP contribution < -0.4 is 5.32 Å². The number of thioether (sulfide) groups is 1. The molecular weight excluding hydrogens is 422 g/mol. The fourth-order valence-electron chi connectivity index (χ4n) is 3.40. The summed E-state index contributed by atoms with van der Waals surface area (Å²) < 4.78 is 0. The SMILES string of the molecule is O=C(Nc1cccc(Cl)c1)c1ccc2c(c1SCCO)C(=O)c1ccccc1C2=O. The summed E-state index contributed by atoms with van der Waals surface area (Å²) in [5, 5.41) is 12.6. The zero-order valence-electron chi connectivity index (χ0n) is 15.6. The zero-order valence-corrected chi connectivity index (χ0v) is 17.2. The van der Waals surface area contributed by atoms with E-state index in [0.717, 1.165) is 0 Å². The fourth-order valence-corrected chi connectivity index (χ4v) is 4.55. The van der Waals surface area contributed by atoms with E-state index >= 15 is 0 Å².